The van der Waals surface area contributed by atoms with Crippen LogP contribution in [-0.4, -0.2) is 51.1 Å². The van der Waals surface area contributed by atoms with Crippen LogP contribution < -0.4 is 0 Å². The summed E-state index contributed by atoms with van der Waals surface area (Å²) in [5, 5.41) is 5.68. The lowest BCUT2D eigenvalue weighted by atomic mass is 10.0. The van der Waals surface area contributed by atoms with Gasteiger partial charge in [-0.3, -0.25) is 9.78 Å². The minimum Gasteiger partial charge on any atom is -0.348 e. The van der Waals surface area contributed by atoms with Crippen LogP contribution in [0.15, 0.2) is 40.3 Å². The molecule has 168 valence electrons. The molecule has 0 spiro atoms. The summed E-state index contributed by atoms with van der Waals surface area (Å²) in [5.74, 6) is -0.377. The fourth-order valence-corrected chi connectivity index (χ4v) is 3.78. The van der Waals surface area contributed by atoms with Crippen molar-refractivity contribution in [3.63, 3.8) is 0 Å². The summed E-state index contributed by atoms with van der Waals surface area (Å²) in [6.07, 6.45) is 1.56. The third-order valence-electron chi connectivity index (χ3n) is 5.40. The Labute approximate surface area is 178 Å². The Morgan fingerprint density at radius 3 is 2.77 bits per heavy atom. The molecule has 3 heterocycles. The van der Waals surface area contributed by atoms with Crippen LogP contribution in [0.4, 0.5) is 17.6 Å². The fourth-order valence-electron chi connectivity index (χ4n) is 3.78. The molecule has 1 unspecified atom stereocenters. The average Bonchev–Trinajstić information content (AvgIpc) is 3.21. The summed E-state index contributed by atoms with van der Waals surface area (Å²) in [7, 11) is 0. The van der Waals surface area contributed by atoms with Gasteiger partial charge in [-0.15, -0.1) is 0 Å². The van der Waals surface area contributed by atoms with Crippen LogP contribution in [0.3, 0.4) is 0 Å². The Bertz CT molecular complexity index is 909. The first-order valence-corrected chi connectivity index (χ1v) is 10.2. The number of amidine groups is 1. The smallest absolute Gasteiger partial charge is 0.348 e. The van der Waals surface area contributed by atoms with Crippen LogP contribution in [-0.2, 0) is 11.3 Å². The lowest BCUT2D eigenvalue weighted by molar-refractivity contribution is -0.167. The molecule has 0 saturated carbocycles. The van der Waals surface area contributed by atoms with Crippen LogP contribution in [0, 0.1) is 5.82 Å². The minimum absolute atomic E-state index is 0.0689. The van der Waals surface area contributed by atoms with Gasteiger partial charge in [0.2, 0.25) is 5.91 Å². The molecule has 10 heteroatoms. The molecule has 0 radical (unpaired) electrons. The number of likely N-dealkylation sites (tertiary alicyclic amines) is 1. The van der Waals surface area contributed by atoms with Gasteiger partial charge in [0, 0.05) is 31.8 Å². The van der Waals surface area contributed by atoms with Gasteiger partial charge in [-0.25, -0.2) is 14.4 Å². The number of aliphatic imine (C=N–C) groups is 1. The highest BCUT2D eigenvalue weighted by molar-refractivity contribution is 6.03. The summed E-state index contributed by atoms with van der Waals surface area (Å²) in [5.41, 5.74) is 1.91. The number of hydrogen-bond donors (Lipinski definition) is 0. The standard InChI is InChI=1S/C21H25F4N5O/c1-3-16(11-27-14(2)29-8-4-5-19(29)21(23,24)25)18-6-7-20(31)30(28-18)13-15-9-17(22)12-26-10-15/h9-12,19H,3-8,13H2,1-2H3/b16-11+,27-14+. The van der Waals surface area contributed by atoms with Gasteiger partial charge < -0.3 is 4.90 Å². The van der Waals surface area contributed by atoms with E-state index in [0.717, 1.165) is 11.8 Å². The van der Waals surface area contributed by atoms with Crippen LogP contribution >= 0.6 is 0 Å². The first-order valence-electron chi connectivity index (χ1n) is 10.2. The minimum atomic E-state index is -4.29. The van der Waals surface area contributed by atoms with E-state index in [1.54, 1.807) is 6.92 Å². The van der Waals surface area contributed by atoms with Gasteiger partial charge in [-0.2, -0.15) is 18.3 Å². The lowest BCUT2D eigenvalue weighted by Gasteiger charge is -2.28. The fraction of sp³-hybridized carbons (Fsp3) is 0.524. The largest absolute Gasteiger partial charge is 0.408 e. The number of carbonyl (C=O) groups excluding carboxylic acids is 1. The van der Waals surface area contributed by atoms with Crippen molar-refractivity contribution in [3.8, 4) is 0 Å². The highest BCUT2D eigenvalue weighted by Gasteiger charge is 2.46. The average molecular weight is 439 g/mol. The van der Waals surface area contributed by atoms with Crippen LogP contribution in [0.1, 0.15) is 51.5 Å². The number of rotatable bonds is 5. The number of halogens is 4. The number of nitrogens with zero attached hydrogens (tertiary/aromatic N) is 5. The van der Waals surface area contributed by atoms with Crippen LogP contribution in [0.5, 0.6) is 0 Å². The molecule has 1 amide bonds. The molecule has 0 N–H and O–H groups in total. The Morgan fingerprint density at radius 2 is 2.10 bits per heavy atom. The molecule has 2 aliphatic rings. The van der Waals surface area contributed by atoms with Gasteiger partial charge in [0.15, 0.2) is 0 Å². The highest BCUT2D eigenvalue weighted by atomic mass is 19.4. The number of amides is 1. The molecule has 1 atom stereocenters. The molecule has 0 aliphatic carbocycles. The molecule has 3 rings (SSSR count). The lowest BCUT2D eigenvalue weighted by Crippen LogP contribution is -2.43. The molecule has 1 fully saturated rings. The maximum Gasteiger partial charge on any atom is 0.408 e. The predicted molar refractivity (Wildman–Crippen MR) is 109 cm³/mol. The molecule has 6 nitrogen and oxygen atoms in total. The molecule has 1 aromatic heterocycles. The maximum atomic E-state index is 13.4. The zero-order valence-electron chi connectivity index (χ0n) is 17.5. The van der Waals surface area contributed by atoms with Gasteiger partial charge in [0.1, 0.15) is 17.7 Å². The Morgan fingerprint density at radius 1 is 1.32 bits per heavy atom. The first kappa shape index (κ1) is 22.9. The summed E-state index contributed by atoms with van der Waals surface area (Å²) in [6.45, 7) is 3.88. The summed E-state index contributed by atoms with van der Waals surface area (Å²) in [4.78, 5) is 21.6. The van der Waals surface area contributed by atoms with E-state index in [4.69, 9.17) is 0 Å². The molecular weight excluding hydrogens is 414 g/mol. The van der Waals surface area contributed by atoms with Crippen molar-refractivity contribution >= 4 is 17.5 Å². The van der Waals surface area contributed by atoms with Crippen molar-refractivity contribution in [2.75, 3.05) is 6.54 Å². The number of pyridine rings is 1. The van der Waals surface area contributed by atoms with Gasteiger partial charge in [0.05, 0.1) is 18.5 Å². The van der Waals surface area contributed by atoms with Gasteiger partial charge >= 0.3 is 6.18 Å². The number of aromatic nitrogens is 1. The molecule has 31 heavy (non-hydrogen) atoms. The number of carbonyl (C=O) groups is 1. The van der Waals surface area contributed by atoms with E-state index in [1.807, 2.05) is 6.92 Å². The van der Waals surface area contributed by atoms with Crippen LogP contribution in [0.25, 0.3) is 0 Å². The van der Waals surface area contributed by atoms with Crippen molar-refractivity contribution in [2.45, 2.75) is 64.7 Å². The van der Waals surface area contributed by atoms with Crippen molar-refractivity contribution in [3.05, 3.63) is 41.6 Å². The van der Waals surface area contributed by atoms with Gasteiger partial charge in [-0.05, 0) is 43.4 Å². The van der Waals surface area contributed by atoms with Crippen molar-refractivity contribution in [1.29, 1.82) is 0 Å². The molecular formula is C21H25F4N5O. The highest BCUT2D eigenvalue weighted by Crippen LogP contribution is 2.32. The maximum absolute atomic E-state index is 13.4. The number of allylic oxidation sites excluding steroid dienone is 1. The zero-order chi connectivity index (χ0) is 22.6. The molecule has 1 aromatic rings. The molecule has 2 aliphatic heterocycles. The third kappa shape index (κ3) is 5.68. The van der Waals surface area contributed by atoms with Crippen LogP contribution in [0.2, 0.25) is 0 Å². The third-order valence-corrected chi connectivity index (χ3v) is 5.40. The SMILES string of the molecule is CC/C(=C\N=C(/C)N1CCCC1C(F)(F)F)C1=NN(Cc2cncc(F)c2)C(=O)CC1. The molecule has 1 saturated heterocycles. The van der Waals surface area contributed by atoms with E-state index in [-0.39, 0.29) is 25.3 Å². The van der Waals surface area contributed by atoms with E-state index >= 15 is 0 Å². The second kappa shape index (κ2) is 9.57. The van der Waals surface area contributed by atoms with Gasteiger partial charge in [0.25, 0.3) is 0 Å². The second-order valence-electron chi connectivity index (χ2n) is 7.59. The van der Waals surface area contributed by atoms with E-state index in [2.05, 4.69) is 15.1 Å². The number of hydrogen-bond acceptors (Lipinski definition) is 4. The Kier molecular flexibility index (Phi) is 7.07. The normalized spacial score (nSPS) is 21.0. The van der Waals surface area contributed by atoms with E-state index < -0.39 is 18.0 Å². The second-order valence-corrected chi connectivity index (χ2v) is 7.59. The topological polar surface area (TPSA) is 61.2 Å². The Balaban J connectivity index is 1.79. The van der Waals surface area contributed by atoms with Crippen molar-refractivity contribution < 1.29 is 22.4 Å². The monoisotopic (exact) mass is 439 g/mol. The molecule has 0 aromatic carbocycles. The quantitative estimate of drug-likeness (QED) is 0.387. The zero-order valence-corrected chi connectivity index (χ0v) is 17.5. The molecule has 0 bridgehead atoms. The number of alkyl halides is 3. The van der Waals surface area contributed by atoms with Crippen molar-refractivity contribution in [2.24, 2.45) is 10.1 Å². The summed E-state index contributed by atoms with van der Waals surface area (Å²) in [6, 6.07) is -0.212. The summed E-state index contributed by atoms with van der Waals surface area (Å²) >= 11 is 0. The first-order chi connectivity index (χ1) is 14.7. The summed E-state index contributed by atoms with van der Waals surface area (Å²) < 4.78 is 53.0. The number of hydrazone groups is 1. The predicted octanol–water partition coefficient (Wildman–Crippen LogP) is 4.44. The van der Waals surface area contributed by atoms with E-state index in [1.165, 1.54) is 28.4 Å². The Hall–Kier alpha value is -2.78. The van der Waals surface area contributed by atoms with Crippen molar-refractivity contribution in [1.82, 2.24) is 14.9 Å². The van der Waals surface area contributed by atoms with E-state index in [9.17, 15) is 22.4 Å². The van der Waals surface area contributed by atoms with Gasteiger partial charge in [-0.1, -0.05) is 6.92 Å². The van der Waals surface area contributed by atoms with E-state index in [0.29, 0.717) is 42.9 Å².